The largest absolute Gasteiger partial charge is 0.384 e. The van der Waals surface area contributed by atoms with Crippen LogP contribution in [0.1, 0.15) is 16.1 Å². The van der Waals surface area contributed by atoms with E-state index < -0.39 is 0 Å². The summed E-state index contributed by atoms with van der Waals surface area (Å²) in [6.45, 7) is 1.56. The van der Waals surface area contributed by atoms with Gasteiger partial charge >= 0.3 is 0 Å². The van der Waals surface area contributed by atoms with Crippen LogP contribution in [0.15, 0.2) is 24.5 Å². The van der Waals surface area contributed by atoms with E-state index in [0.717, 1.165) is 5.56 Å². The van der Waals surface area contributed by atoms with Gasteiger partial charge in [0, 0.05) is 39.0 Å². The Bertz CT molecular complexity index is 587. The summed E-state index contributed by atoms with van der Waals surface area (Å²) in [6, 6.07) is 3.61. The third-order valence-electron chi connectivity index (χ3n) is 3.10. The second-order valence-corrected chi connectivity index (χ2v) is 4.44. The second-order valence-electron chi connectivity index (χ2n) is 4.44. The number of hydrogen-bond donors (Lipinski definition) is 2. The number of nitrogen functional groups attached to an aromatic ring is 1. The first kappa shape index (κ1) is 14.1. The van der Waals surface area contributed by atoms with E-state index in [0.29, 0.717) is 31.2 Å². The van der Waals surface area contributed by atoms with Gasteiger partial charge in [0.25, 0.3) is 5.91 Å². The van der Waals surface area contributed by atoms with Crippen molar-refractivity contribution in [2.24, 2.45) is 7.05 Å². The van der Waals surface area contributed by atoms with E-state index in [1.807, 2.05) is 16.8 Å². The van der Waals surface area contributed by atoms with Gasteiger partial charge in [0.1, 0.15) is 11.5 Å². The quantitative estimate of drug-likeness (QED) is 0.799. The SMILES string of the molecule is COCCn1cccc1C(=O)NCc1cnn(C)c1N. The van der Waals surface area contributed by atoms with E-state index in [1.54, 1.807) is 31.1 Å². The molecular weight excluding hydrogens is 258 g/mol. The molecule has 0 unspecified atom stereocenters. The molecule has 2 heterocycles. The van der Waals surface area contributed by atoms with Crippen LogP contribution in [0, 0.1) is 0 Å². The van der Waals surface area contributed by atoms with Crippen LogP contribution in [0.3, 0.4) is 0 Å². The topological polar surface area (TPSA) is 87.1 Å². The Labute approximate surface area is 117 Å². The van der Waals surface area contributed by atoms with Crippen LogP contribution in [0.5, 0.6) is 0 Å². The van der Waals surface area contributed by atoms with Crippen molar-refractivity contribution in [2.45, 2.75) is 13.1 Å². The van der Waals surface area contributed by atoms with Crippen molar-refractivity contribution < 1.29 is 9.53 Å². The summed E-state index contributed by atoms with van der Waals surface area (Å²) in [5, 5.41) is 6.87. The number of aromatic nitrogens is 3. The number of nitrogens with one attached hydrogen (secondary N) is 1. The maximum Gasteiger partial charge on any atom is 0.268 e. The van der Waals surface area contributed by atoms with E-state index in [-0.39, 0.29) is 5.91 Å². The number of nitrogens with two attached hydrogens (primary N) is 1. The highest BCUT2D eigenvalue weighted by atomic mass is 16.5. The molecule has 0 aromatic carbocycles. The molecule has 0 aliphatic rings. The summed E-state index contributed by atoms with van der Waals surface area (Å²) in [7, 11) is 3.39. The molecule has 7 heteroatoms. The molecule has 7 nitrogen and oxygen atoms in total. The third-order valence-corrected chi connectivity index (χ3v) is 3.10. The Morgan fingerprint density at radius 1 is 1.55 bits per heavy atom. The summed E-state index contributed by atoms with van der Waals surface area (Å²) in [5.41, 5.74) is 7.23. The minimum absolute atomic E-state index is 0.144. The van der Waals surface area contributed by atoms with Crippen LogP contribution in [0.25, 0.3) is 0 Å². The number of methoxy groups -OCH3 is 1. The fourth-order valence-corrected chi connectivity index (χ4v) is 1.90. The third kappa shape index (κ3) is 3.00. The van der Waals surface area contributed by atoms with Crippen molar-refractivity contribution >= 4 is 11.7 Å². The number of aryl methyl sites for hydroxylation is 1. The summed E-state index contributed by atoms with van der Waals surface area (Å²) < 4.78 is 8.44. The van der Waals surface area contributed by atoms with E-state index in [2.05, 4.69) is 10.4 Å². The van der Waals surface area contributed by atoms with Gasteiger partial charge in [0.05, 0.1) is 12.8 Å². The average Bonchev–Trinajstić information content (AvgIpc) is 3.03. The number of ether oxygens (including phenoxy) is 1. The lowest BCUT2D eigenvalue weighted by Gasteiger charge is -2.09. The Morgan fingerprint density at radius 2 is 2.35 bits per heavy atom. The van der Waals surface area contributed by atoms with Gasteiger partial charge < -0.3 is 20.4 Å². The zero-order valence-electron chi connectivity index (χ0n) is 11.7. The molecule has 0 spiro atoms. The highest BCUT2D eigenvalue weighted by Crippen LogP contribution is 2.09. The number of carbonyl (C=O) groups is 1. The molecule has 1 amide bonds. The summed E-state index contributed by atoms with van der Waals surface area (Å²) >= 11 is 0. The number of hydrogen-bond acceptors (Lipinski definition) is 4. The van der Waals surface area contributed by atoms with Crippen LogP contribution >= 0.6 is 0 Å². The molecule has 20 heavy (non-hydrogen) atoms. The summed E-state index contributed by atoms with van der Waals surface area (Å²) in [5.74, 6) is 0.412. The maximum atomic E-state index is 12.1. The molecule has 0 aliphatic heterocycles. The van der Waals surface area contributed by atoms with Gasteiger partial charge in [-0.15, -0.1) is 0 Å². The van der Waals surface area contributed by atoms with Gasteiger partial charge in [0.2, 0.25) is 0 Å². The Balaban J connectivity index is 1.98. The predicted octanol–water partition coefficient (Wildman–Crippen LogP) is 0.380. The number of carbonyl (C=O) groups excluding carboxylic acids is 1. The monoisotopic (exact) mass is 277 g/mol. The summed E-state index contributed by atoms with van der Waals surface area (Å²) in [6.07, 6.45) is 3.51. The van der Waals surface area contributed by atoms with Crippen molar-refractivity contribution in [3.63, 3.8) is 0 Å². The minimum atomic E-state index is -0.144. The zero-order valence-corrected chi connectivity index (χ0v) is 11.7. The van der Waals surface area contributed by atoms with Crippen LogP contribution in [0.2, 0.25) is 0 Å². The molecule has 0 saturated carbocycles. The number of nitrogens with zero attached hydrogens (tertiary/aromatic N) is 3. The van der Waals surface area contributed by atoms with Crippen molar-refractivity contribution in [2.75, 3.05) is 19.5 Å². The second kappa shape index (κ2) is 6.25. The van der Waals surface area contributed by atoms with Gasteiger partial charge in [-0.25, -0.2) is 0 Å². The molecule has 0 radical (unpaired) electrons. The fourth-order valence-electron chi connectivity index (χ4n) is 1.90. The van der Waals surface area contributed by atoms with Crippen molar-refractivity contribution in [1.29, 1.82) is 0 Å². The molecule has 0 aliphatic carbocycles. The smallest absolute Gasteiger partial charge is 0.268 e. The van der Waals surface area contributed by atoms with E-state index in [4.69, 9.17) is 10.5 Å². The molecular formula is C13H19N5O2. The lowest BCUT2D eigenvalue weighted by atomic mass is 10.3. The lowest BCUT2D eigenvalue weighted by Crippen LogP contribution is -2.26. The Kier molecular flexibility index (Phi) is 4.41. The van der Waals surface area contributed by atoms with Gasteiger partial charge in [0.15, 0.2) is 0 Å². The van der Waals surface area contributed by atoms with Crippen molar-refractivity contribution in [3.05, 3.63) is 35.8 Å². The highest BCUT2D eigenvalue weighted by molar-refractivity contribution is 5.92. The Hall–Kier alpha value is -2.28. The number of anilines is 1. The zero-order chi connectivity index (χ0) is 14.5. The van der Waals surface area contributed by atoms with Crippen LogP contribution in [0.4, 0.5) is 5.82 Å². The maximum absolute atomic E-state index is 12.1. The van der Waals surface area contributed by atoms with Gasteiger partial charge in [-0.1, -0.05) is 0 Å². The van der Waals surface area contributed by atoms with E-state index in [1.165, 1.54) is 0 Å². The van der Waals surface area contributed by atoms with Crippen LogP contribution in [-0.2, 0) is 24.9 Å². The molecule has 0 saturated heterocycles. The molecule has 0 atom stereocenters. The average molecular weight is 277 g/mol. The molecule has 2 rings (SSSR count). The molecule has 2 aromatic rings. The van der Waals surface area contributed by atoms with E-state index in [9.17, 15) is 4.79 Å². The number of rotatable bonds is 6. The van der Waals surface area contributed by atoms with Crippen LogP contribution < -0.4 is 11.1 Å². The van der Waals surface area contributed by atoms with Gasteiger partial charge in [-0.05, 0) is 12.1 Å². The van der Waals surface area contributed by atoms with Gasteiger partial charge in [-0.2, -0.15) is 5.10 Å². The molecule has 108 valence electrons. The molecule has 0 fully saturated rings. The molecule has 0 bridgehead atoms. The van der Waals surface area contributed by atoms with Crippen LogP contribution in [-0.4, -0.2) is 34.0 Å². The fraction of sp³-hybridized carbons (Fsp3) is 0.385. The normalized spacial score (nSPS) is 10.7. The first-order chi connectivity index (χ1) is 9.63. The number of amides is 1. The van der Waals surface area contributed by atoms with Crippen molar-refractivity contribution in [1.82, 2.24) is 19.7 Å². The predicted molar refractivity (Wildman–Crippen MR) is 75.1 cm³/mol. The van der Waals surface area contributed by atoms with Gasteiger partial charge in [-0.3, -0.25) is 9.48 Å². The first-order valence-electron chi connectivity index (χ1n) is 6.32. The minimum Gasteiger partial charge on any atom is -0.384 e. The highest BCUT2D eigenvalue weighted by Gasteiger charge is 2.12. The lowest BCUT2D eigenvalue weighted by molar-refractivity contribution is 0.0939. The summed E-state index contributed by atoms with van der Waals surface area (Å²) in [4.78, 5) is 12.1. The Morgan fingerprint density at radius 3 is 3.00 bits per heavy atom. The molecule has 3 N–H and O–H groups in total. The standard InChI is InChI=1S/C13H19N5O2/c1-17-12(14)10(9-16-17)8-15-13(19)11-4-3-5-18(11)6-7-20-2/h3-5,9H,6-8,14H2,1-2H3,(H,15,19). The molecule has 2 aromatic heterocycles. The first-order valence-corrected chi connectivity index (χ1v) is 6.32. The van der Waals surface area contributed by atoms with Crippen molar-refractivity contribution in [3.8, 4) is 0 Å². The van der Waals surface area contributed by atoms with E-state index >= 15 is 0 Å².